The largest absolute Gasteiger partial charge is 0.365 e. The molecule has 0 unspecified atom stereocenters. The number of benzene rings is 1. The van der Waals surface area contributed by atoms with Crippen LogP contribution in [0.4, 0.5) is 5.69 Å². The van der Waals surface area contributed by atoms with Gasteiger partial charge in [-0.3, -0.25) is 4.79 Å². The highest BCUT2D eigenvalue weighted by molar-refractivity contribution is 7.80. The Morgan fingerprint density at radius 2 is 1.91 bits per heavy atom. The molecule has 2 N–H and O–H groups in total. The van der Waals surface area contributed by atoms with Gasteiger partial charge < -0.3 is 10.6 Å². The average Bonchev–Trinajstić information content (AvgIpc) is 2.51. The molecule has 0 aliphatic heterocycles. The Kier molecular flexibility index (Phi) is 6.83. The Hall–Kier alpha value is -1.80. The maximum atomic E-state index is 12.7. The van der Waals surface area contributed by atoms with Gasteiger partial charge in [0, 0.05) is 7.05 Å². The first-order valence-electron chi connectivity index (χ1n) is 7.26. The van der Waals surface area contributed by atoms with Gasteiger partial charge in [0.25, 0.3) is 0 Å². The number of amides is 1. The van der Waals surface area contributed by atoms with Crippen LogP contribution in [0.3, 0.4) is 0 Å². The predicted octanol–water partition coefficient (Wildman–Crippen LogP) is 2.37. The fourth-order valence-electron chi connectivity index (χ4n) is 2.48. The molecule has 0 spiro atoms. The van der Waals surface area contributed by atoms with Crippen molar-refractivity contribution in [3.05, 3.63) is 29.3 Å². The van der Waals surface area contributed by atoms with Crippen LogP contribution in [0, 0.1) is 6.92 Å². The third-order valence-electron chi connectivity index (χ3n) is 4.03. The molecule has 0 aliphatic carbocycles. The number of hydrogen-bond donors (Lipinski definition) is 2. The Morgan fingerprint density at radius 1 is 1.30 bits per heavy atom. The highest BCUT2D eigenvalue weighted by Crippen LogP contribution is 2.35. The number of hydrogen-bond acceptors (Lipinski definition) is 5. The number of carbonyl (C=O) groups excluding carboxylic acids is 1. The van der Waals surface area contributed by atoms with E-state index in [-0.39, 0.29) is 11.0 Å². The number of thiocarbonyl (C=S) groups is 1. The molecule has 1 rings (SSSR count). The van der Waals surface area contributed by atoms with E-state index in [1.165, 1.54) is 0 Å². The summed E-state index contributed by atoms with van der Waals surface area (Å²) in [5, 5.41) is 5.64. The van der Waals surface area contributed by atoms with Crippen LogP contribution in [-0.2, 0) is 20.7 Å². The van der Waals surface area contributed by atoms with Gasteiger partial charge in [-0.25, -0.2) is 0 Å². The Labute approximate surface area is 143 Å². The maximum absolute atomic E-state index is 12.7. The molecular weight excluding hydrogens is 334 g/mol. The second-order valence-electron chi connectivity index (χ2n) is 5.13. The van der Waals surface area contributed by atoms with Gasteiger partial charge >= 0.3 is 10.5 Å². The third kappa shape index (κ3) is 4.35. The van der Waals surface area contributed by atoms with Crippen molar-refractivity contribution in [3.8, 4) is 0 Å². The normalized spacial score (nSPS) is 10.8. The standard InChI is InChI=1S/C15H21N3O3S2/c1-5-15(6-2,13(19)17-14(22)16-4)11-8-7-10(3)12(9-11)18-23(20)21/h7-9H,5-6H2,1-4H3,(H2,16,17,19,22). The minimum atomic E-state index is -2.54. The summed E-state index contributed by atoms with van der Waals surface area (Å²) in [7, 11) is -0.910. The molecule has 0 aliphatic rings. The van der Waals surface area contributed by atoms with Crippen molar-refractivity contribution in [1.82, 2.24) is 10.6 Å². The quantitative estimate of drug-likeness (QED) is 0.792. The Bertz CT molecular complexity index is 730. The van der Waals surface area contributed by atoms with Crippen molar-refractivity contribution in [2.45, 2.75) is 39.0 Å². The molecule has 0 aromatic heterocycles. The highest BCUT2D eigenvalue weighted by atomic mass is 32.2. The first-order valence-corrected chi connectivity index (χ1v) is 8.70. The summed E-state index contributed by atoms with van der Waals surface area (Å²) >= 11 is 5.01. The number of carbonyl (C=O) groups is 1. The summed E-state index contributed by atoms with van der Waals surface area (Å²) in [6.45, 7) is 5.59. The van der Waals surface area contributed by atoms with Crippen LogP contribution in [0.25, 0.3) is 0 Å². The molecule has 0 atom stereocenters. The van der Waals surface area contributed by atoms with E-state index in [9.17, 15) is 13.2 Å². The van der Waals surface area contributed by atoms with Crippen molar-refractivity contribution in [3.63, 3.8) is 0 Å². The van der Waals surface area contributed by atoms with Crippen molar-refractivity contribution in [1.29, 1.82) is 0 Å². The lowest BCUT2D eigenvalue weighted by Crippen LogP contribution is -2.48. The fraction of sp³-hybridized carbons (Fsp3) is 0.467. The van der Waals surface area contributed by atoms with Gasteiger partial charge in [0.05, 0.1) is 11.1 Å². The van der Waals surface area contributed by atoms with E-state index in [1.54, 1.807) is 26.1 Å². The first kappa shape index (κ1) is 19.2. The highest BCUT2D eigenvalue weighted by Gasteiger charge is 2.37. The van der Waals surface area contributed by atoms with Gasteiger partial charge in [0.1, 0.15) is 0 Å². The molecule has 0 bridgehead atoms. The summed E-state index contributed by atoms with van der Waals surface area (Å²) in [4.78, 5) is 12.7. The minimum absolute atomic E-state index is 0.222. The zero-order valence-corrected chi connectivity index (χ0v) is 15.3. The second kappa shape index (κ2) is 8.16. The van der Waals surface area contributed by atoms with Gasteiger partial charge in [-0.15, -0.1) is 4.36 Å². The predicted molar refractivity (Wildman–Crippen MR) is 94.2 cm³/mol. The molecule has 0 saturated carbocycles. The summed E-state index contributed by atoms with van der Waals surface area (Å²) in [6.07, 6.45) is 1.09. The molecule has 0 radical (unpaired) electrons. The first-order chi connectivity index (χ1) is 10.8. The van der Waals surface area contributed by atoms with E-state index in [4.69, 9.17) is 12.2 Å². The fourth-order valence-corrected chi connectivity index (χ4v) is 2.93. The van der Waals surface area contributed by atoms with Crippen LogP contribution in [0.1, 0.15) is 37.8 Å². The van der Waals surface area contributed by atoms with Crippen LogP contribution in [-0.4, -0.2) is 26.5 Å². The van der Waals surface area contributed by atoms with E-state index >= 15 is 0 Å². The number of aryl methyl sites for hydroxylation is 1. The molecular formula is C15H21N3O3S2. The SMILES string of the molecule is CCC(CC)(C(=O)NC(=S)NC)c1ccc(C)c(N=S(=O)=O)c1. The zero-order valence-electron chi connectivity index (χ0n) is 13.6. The van der Waals surface area contributed by atoms with E-state index in [0.29, 0.717) is 24.1 Å². The maximum Gasteiger partial charge on any atom is 0.316 e. The molecule has 0 saturated heterocycles. The van der Waals surface area contributed by atoms with E-state index in [0.717, 1.165) is 5.56 Å². The summed E-state index contributed by atoms with van der Waals surface area (Å²) < 4.78 is 25.3. The Morgan fingerprint density at radius 3 is 2.39 bits per heavy atom. The number of nitrogens with zero attached hydrogens (tertiary/aromatic N) is 1. The molecule has 126 valence electrons. The minimum Gasteiger partial charge on any atom is -0.365 e. The van der Waals surface area contributed by atoms with Crippen LogP contribution in [0.15, 0.2) is 22.6 Å². The van der Waals surface area contributed by atoms with Gasteiger partial charge in [0.2, 0.25) is 5.91 Å². The smallest absolute Gasteiger partial charge is 0.316 e. The Balaban J connectivity index is 3.43. The van der Waals surface area contributed by atoms with E-state index in [2.05, 4.69) is 15.0 Å². The molecule has 0 fully saturated rings. The lowest BCUT2D eigenvalue weighted by Gasteiger charge is -2.31. The van der Waals surface area contributed by atoms with Crippen molar-refractivity contribution < 1.29 is 13.2 Å². The van der Waals surface area contributed by atoms with Gasteiger partial charge in [0.15, 0.2) is 5.11 Å². The van der Waals surface area contributed by atoms with Crippen molar-refractivity contribution in [2.75, 3.05) is 7.05 Å². The molecule has 23 heavy (non-hydrogen) atoms. The van der Waals surface area contributed by atoms with Crippen LogP contribution in [0.2, 0.25) is 0 Å². The lowest BCUT2D eigenvalue weighted by molar-refractivity contribution is -0.125. The van der Waals surface area contributed by atoms with Crippen molar-refractivity contribution >= 4 is 39.4 Å². The molecule has 1 aromatic carbocycles. The lowest BCUT2D eigenvalue weighted by atomic mass is 9.74. The van der Waals surface area contributed by atoms with Gasteiger partial charge in [-0.2, -0.15) is 8.42 Å². The third-order valence-corrected chi connectivity index (χ3v) is 4.68. The van der Waals surface area contributed by atoms with Crippen molar-refractivity contribution in [2.24, 2.45) is 4.36 Å². The summed E-state index contributed by atoms with van der Waals surface area (Å²) in [6, 6.07) is 5.25. The molecule has 0 heterocycles. The van der Waals surface area contributed by atoms with Crippen LogP contribution < -0.4 is 10.6 Å². The zero-order chi connectivity index (χ0) is 17.6. The number of nitrogens with one attached hydrogen (secondary N) is 2. The average molecular weight is 355 g/mol. The topological polar surface area (TPSA) is 87.6 Å². The van der Waals surface area contributed by atoms with Crippen LogP contribution >= 0.6 is 12.2 Å². The monoisotopic (exact) mass is 355 g/mol. The molecule has 1 aromatic rings. The van der Waals surface area contributed by atoms with E-state index < -0.39 is 15.9 Å². The van der Waals surface area contributed by atoms with Gasteiger partial charge in [-0.1, -0.05) is 26.0 Å². The molecule has 1 amide bonds. The summed E-state index contributed by atoms with van der Waals surface area (Å²) in [5.74, 6) is -0.222. The molecule has 8 heteroatoms. The number of rotatable bonds is 5. The molecule has 6 nitrogen and oxygen atoms in total. The summed E-state index contributed by atoms with van der Waals surface area (Å²) in [5.41, 5.74) is 0.980. The van der Waals surface area contributed by atoms with E-state index in [1.807, 2.05) is 19.9 Å². The van der Waals surface area contributed by atoms with Crippen LogP contribution in [0.5, 0.6) is 0 Å². The second-order valence-corrected chi connectivity index (χ2v) is 6.16. The van der Waals surface area contributed by atoms with Gasteiger partial charge in [-0.05, 0) is 49.2 Å².